The monoisotopic (exact) mass is 394 g/mol. The van der Waals surface area contributed by atoms with E-state index in [1.54, 1.807) is 23.9 Å². The van der Waals surface area contributed by atoms with Gasteiger partial charge in [-0.15, -0.1) is 6.58 Å². The van der Waals surface area contributed by atoms with Crippen molar-refractivity contribution in [2.24, 2.45) is 4.99 Å². The maximum atomic E-state index is 10.1. The normalized spacial score (nSPS) is 25.2. The van der Waals surface area contributed by atoms with E-state index in [2.05, 4.69) is 50.0 Å². The summed E-state index contributed by atoms with van der Waals surface area (Å²) < 4.78 is 6.51. The highest BCUT2D eigenvalue weighted by molar-refractivity contribution is 8.13. The van der Waals surface area contributed by atoms with Gasteiger partial charge in [-0.1, -0.05) is 54.2 Å². The van der Waals surface area contributed by atoms with E-state index in [-0.39, 0.29) is 17.2 Å². The van der Waals surface area contributed by atoms with Gasteiger partial charge in [0, 0.05) is 41.7 Å². The van der Waals surface area contributed by atoms with Gasteiger partial charge in [0.15, 0.2) is 5.17 Å². The number of hydrogen-bond acceptors (Lipinski definition) is 5. The summed E-state index contributed by atoms with van der Waals surface area (Å²) in [5.41, 5.74) is 1.52. The highest BCUT2D eigenvalue weighted by Crippen LogP contribution is 2.49. The highest BCUT2D eigenvalue weighted by Gasteiger charge is 2.48. The molecule has 0 bridgehead atoms. The van der Waals surface area contributed by atoms with Gasteiger partial charge in [0.05, 0.1) is 0 Å². The summed E-state index contributed by atoms with van der Waals surface area (Å²) in [5, 5.41) is 14.5. The maximum Gasteiger partial charge on any atom is 0.206 e. The second-order valence-electron chi connectivity index (χ2n) is 8.14. The van der Waals surface area contributed by atoms with Crippen molar-refractivity contribution in [3.05, 3.63) is 72.3 Å². The number of nitrogens with zero attached hydrogens (tertiary/aromatic N) is 1. The lowest BCUT2D eigenvalue weighted by atomic mass is 9.78. The fraction of sp³-hybridized carbons (Fsp3) is 0.348. The maximum absolute atomic E-state index is 10.1. The van der Waals surface area contributed by atoms with Crippen molar-refractivity contribution in [3.63, 3.8) is 0 Å². The Hall–Kier alpha value is -2.40. The molecule has 0 aromatic heterocycles. The minimum Gasteiger partial charge on any atom is -0.508 e. The van der Waals surface area contributed by atoms with Crippen LogP contribution < -0.4 is 10.1 Å². The van der Waals surface area contributed by atoms with Gasteiger partial charge in [0.1, 0.15) is 11.5 Å². The molecular weight excluding hydrogens is 368 g/mol. The number of thioether (sulfide) groups is 1. The van der Waals surface area contributed by atoms with Crippen LogP contribution in [0.25, 0.3) is 0 Å². The molecule has 5 heteroatoms. The number of rotatable bonds is 3. The van der Waals surface area contributed by atoms with E-state index >= 15 is 0 Å². The number of fused-ring (bicyclic) bond motifs is 1. The summed E-state index contributed by atoms with van der Waals surface area (Å²) in [6, 6.07) is 15.9. The molecule has 2 aromatic carbocycles. The SMILES string of the molecule is C=CCSC1=N[C@]2(C[C@H](c3ccccc3)c3ccc(O)cc3O2)CC(C)(C)N1. The number of phenolic OH excluding ortho intramolecular Hbond substituents is 1. The molecule has 146 valence electrons. The second kappa shape index (κ2) is 7.21. The van der Waals surface area contributed by atoms with Gasteiger partial charge in [-0.05, 0) is 25.5 Å². The van der Waals surface area contributed by atoms with Gasteiger partial charge in [-0.25, -0.2) is 4.99 Å². The minimum atomic E-state index is -0.667. The summed E-state index contributed by atoms with van der Waals surface area (Å²) in [6.07, 6.45) is 3.39. The summed E-state index contributed by atoms with van der Waals surface area (Å²) in [5.74, 6) is 1.88. The van der Waals surface area contributed by atoms with Crippen LogP contribution in [-0.2, 0) is 0 Å². The quantitative estimate of drug-likeness (QED) is 0.715. The van der Waals surface area contributed by atoms with E-state index in [0.717, 1.165) is 35.1 Å². The molecule has 0 aliphatic carbocycles. The molecule has 1 spiro atoms. The average Bonchev–Trinajstić information content (AvgIpc) is 2.64. The van der Waals surface area contributed by atoms with Crippen molar-refractivity contribution in [1.82, 2.24) is 5.32 Å². The van der Waals surface area contributed by atoms with Crippen molar-refractivity contribution in [3.8, 4) is 11.5 Å². The highest BCUT2D eigenvalue weighted by atomic mass is 32.2. The van der Waals surface area contributed by atoms with Crippen LogP contribution in [0.3, 0.4) is 0 Å². The predicted molar refractivity (Wildman–Crippen MR) is 116 cm³/mol. The Morgan fingerprint density at radius 1 is 1.29 bits per heavy atom. The van der Waals surface area contributed by atoms with E-state index in [4.69, 9.17) is 9.73 Å². The van der Waals surface area contributed by atoms with Gasteiger partial charge >= 0.3 is 0 Å². The zero-order valence-corrected chi connectivity index (χ0v) is 17.1. The van der Waals surface area contributed by atoms with Crippen molar-refractivity contribution < 1.29 is 9.84 Å². The smallest absolute Gasteiger partial charge is 0.206 e. The predicted octanol–water partition coefficient (Wildman–Crippen LogP) is 5.05. The molecule has 2 aliphatic heterocycles. The molecule has 2 aromatic rings. The van der Waals surface area contributed by atoms with E-state index in [9.17, 15) is 5.11 Å². The van der Waals surface area contributed by atoms with Gasteiger partial charge in [-0.2, -0.15) is 0 Å². The van der Waals surface area contributed by atoms with Gasteiger partial charge in [-0.3, -0.25) is 0 Å². The third-order valence-corrected chi connectivity index (χ3v) is 6.07. The third-order valence-electron chi connectivity index (χ3n) is 5.20. The number of benzene rings is 2. The van der Waals surface area contributed by atoms with Crippen LogP contribution in [0.15, 0.2) is 66.2 Å². The van der Waals surface area contributed by atoms with E-state index in [1.165, 1.54) is 5.56 Å². The lowest BCUT2D eigenvalue weighted by molar-refractivity contribution is 0.0134. The molecule has 0 amide bonds. The number of nitrogens with one attached hydrogen (secondary N) is 1. The Morgan fingerprint density at radius 2 is 2.07 bits per heavy atom. The molecule has 2 atom stereocenters. The fourth-order valence-electron chi connectivity index (χ4n) is 4.22. The largest absolute Gasteiger partial charge is 0.508 e. The van der Waals surface area contributed by atoms with E-state index in [0.29, 0.717) is 0 Å². The van der Waals surface area contributed by atoms with Crippen LogP contribution in [-0.4, -0.2) is 27.3 Å². The standard InChI is InChI=1S/C23H26N2O2S/c1-4-12-28-21-24-22(2,3)15-23(25-21)14-19(16-8-6-5-7-9-16)18-11-10-17(26)13-20(18)27-23/h4-11,13,19,26H,1,12,14-15H2,2-3H3,(H,24,25)/t19-,23+/m1/s1. The van der Waals surface area contributed by atoms with Crippen LogP contribution in [0, 0.1) is 0 Å². The number of hydrogen-bond donors (Lipinski definition) is 2. The lowest BCUT2D eigenvalue weighted by Gasteiger charge is -2.47. The molecule has 0 saturated heterocycles. The molecular formula is C23H26N2O2S. The van der Waals surface area contributed by atoms with Crippen LogP contribution in [0.1, 0.15) is 43.7 Å². The van der Waals surface area contributed by atoms with E-state index in [1.807, 2.05) is 18.2 Å². The topological polar surface area (TPSA) is 53.9 Å². The van der Waals surface area contributed by atoms with E-state index < -0.39 is 5.72 Å². The van der Waals surface area contributed by atoms with Gasteiger partial charge in [0.25, 0.3) is 0 Å². The molecule has 2 N–H and O–H groups in total. The summed E-state index contributed by atoms with van der Waals surface area (Å²) in [7, 11) is 0. The Kier molecular flexibility index (Phi) is 4.88. The average molecular weight is 395 g/mol. The summed E-state index contributed by atoms with van der Waals surface area (Å²) >= 11 is 1.64. The number of ether oxygens (including phenoxy) is 1. The van der Waals surface area contributed by atoms with Crippen LogP contribution in [0.5, 0.6) is 11.5 Å². The third kappa shape index (κ3) is 3.76. The first kappa shape index (κ1) is 18.9. The Balaban J connectivity index is 1.81. The minimum absolute atomic E-state index is 0.152. The number of amidine groups is 1. The zero-order chi connectivity index (χ0) is 19.8. The fourth-order valence-corrected chi connectivity index (χ4v) is 5.07. The van der Waals surface area contributed by atoms with Crippen molar-refractivity contribution in [2.75, 3.05) is 5.75 Å². The zero-order valence-electron chi connectivity index (χ0n) is 16.3. The molecule has 4 nitrogen and oxygen atoms in total. The number of aromatic hydroxyl groups is 1. The molecule has 0 saturated carbocycles. The van der Waals surface area contributed by atoms with Crippen LogP contribution in [0.4, 0.5) is 0 Å². The van der Waals surface area contributed by atoms with Crippen LogP contribution in [0.2, 0.25) is 0 Å². The summed E-state index contributed by atoms with van der Waals surface area (Å²) in [6.45, 7) is 8.17. The molecule has 0 unspecified atom stereocenters. The molecule has 4 rings (SSSR count). The Morgan fingerprint density at radius 3 is 2.82 bits per heavy atom. The number of aliphatic imine (C=N–C) groups is 1. The van der Waals surface area contributed by atoms with Crippen molar-refractivity contribution in [1.29, 1.82) is 0 Å². The lowest BCUT2D eigenvalue weighted by Crippen LogP contribution is -2.57. The van der Waals surface area contributed by atoms with Gasteiger partial charge < -0.3 is 15.2 Å². The number of phenols is 1. The van der Waals surface area contributed by atoms with Crippen LogP contribution >= 0.6 is 11.8 Å². The Labute approximate surface area is 170 Å². The summed E-state index contributed by atoms with van der Waals surface area (Å²) in [4.78, 5) is 5.03. The van der Waals surface area contributed by atoms with Crippen molar-refractivity contribution in [2.45, 2.75) is 43.9 Å². The molecule has 2 heterocycles. The molecule has 0 fully saturated rings. The van der Waals surface area contributed by atoms with Crippen molar-refractivity contribution >= 4 is 16.9 Å². The second-order valence-corrected chi connectivity index (χ2v) is 9.15. The first-order valence-corrected chi connectivity index (χ1v) is 10.6. The van der Waals surface area contributed by atoms with Gasteiger partial charge in [0.2, 0.25) is 5.72 Å². The molecule has 0 radical (unpaired) electrons. The Bertz CT molecular complexity index is 910. The molecule has 2 aliphatic rings. The first-order valence-electron chi connectivity index (χ1n) is 9.58. The first-order chi connectivity index (χ1) is 13.4. The molecule has 28 heavy (non-hydrogen) atoms.